The number of benzene rings is 1. The molecule has 0 aliphatic rings. The molecular formula is C18H18ClFN4OS. The lowest BCUT2D eigenvalue weighted by atomic mass is 10.2. The Morgan fingerprint density at radius 2 is 2.08 bits per heavy atom. The summed E-state index contributed by atoms with van der Waals surface area (Å²) in [7, 11) is 0. The van der Waals surface area contributed by atoms with E-state index >= 15 is 0 Å². The van der Waals surface area contributed by atoms with Crippen LogP contribution in [0.4, 0.5) is 4.39 Å². The minimum Gasteiger partial charge on any atom is -0.318 e. The molecule has 2 aromatic heterocycles. The zero-order chi connectivity index (χ0) is 18.8. The average Bonchev–Trinajstić information content (AvgIpc) is 3.19. The number of rotatable bonds is 6. The van der Waals surface area contributed by atoms with Crippen molar-refractivity contribution < 1.29 is 9.18 Å². The number of carbonyl (C=O) groups excluding carboxylic acids is 1. The molecule has 136 valence electrons. The molecule has 2 heterocycles. The van der Waals surface area contributed by atoms with Crippen LogP contribution in [0.15, 0.2) is 35.7 Å². The molecular weight excluding hydrogens is 375 g/mol. The molecule has 0 saturated heterocycles. The first kappa shape index (κ1) is 18.7. The molecule has 0 unspecified atom stereocenters. The van der Waals surface area contributed by atoms with Gasteiger partial charge in [0.25, 0.3) is 0 Å². The van der Waals surface area contributed by atoms with Crippen LogP contribution in [-0.4, -0.2) is 30.9 Å². The molecule has 0 atom stereocenters. The van der Waals surface area contributed by atoms with Crippen molar-refractivity contribution in [3.05, 3.63) is 58.4 Å². The van der Waals surface area contributed by atoms with Crippen LogP contribution >= 0.6 is 23.4 Å². The van der Waals surface area contributed by atoms with E-state index in [-0.39, 0.29) is 16.6 Å². The fourth-order valence-corrected chi connectivity index (χ4v) is 3.88. The summed E-state index contributed by atoms with van der Waals surface area (Å²) in [5.74, 6) is -0.188. The number of Topliss-reactive ketones (excluding diaryl/α,β-unsaturated/α-hetero) is 1. The molecule has 0 spiro atoms. The molecule has 0 N–H and O–H groups in total. The summed E-state index contributed by atoms with van der Waals surface area (Å²) in [6, 6.07) is 6.38. The third-order valence-electron chi connectivity index (χ3n) is 4.15. The van der Waals surface area contributed by atoms with Crippen LogP contribution in [0.25, 0.3) is 5.69 Å². The zero-order valence-electron chi connectivity index (χ0n) is 14.7. The van der Waals surface area contributed by atoms with Crippen LogP contribution < -0.4 is 0 Å². The highest BCUT2D eigenvalue weighted by Crippen LogP contribution is 2.26. The van der Waals surface area contributed by atoms with Crippen molar-refractivity contribution in [3.8, 4) is 5.69 Å². The first-order valence-electron chi connectivity index (χ1n) is 8.10. The first-order valence-corrected chi connectivity index (χ1v) is 9.47. The van der Waals surface area contributed by atoms with Gasteiger partial charge in [-0.2, -0.15) is 0 Å². The number of thioether (sulfide) groups is 1. The van der Waals surface area contributed by atoms with Crippen LogP contribution in [0.5, 0.6) is 0 Å². The normalized spacial score (nSPS) is 11.1. The molecule has 0 fully saturated rings. The summed E-state index contributed by atoms with van der Waals surface area (Å²) in [6.45, 7) is 6.53. The molecule has 0 bridgehead atoms. The third-order valence-corrected chi connectivity index (χ3v) is 5.42. The van der Waals surface area contributed by atoms with Gasteiger partial charge in [-0.15, -0.1) is 10.2 Å². The lowest BCUT2D eigenvalue weighted by Gasteiger charge is -2.10. The van der Waals surface area contributed by atoms with Gasteiger partial charge in [0.05, 0.1) is 10.8 Å². The van der Waals surface area contributed by atoms with Crippen molar-refractivity contribution in [2.24, 2.45) is 0 Å². The molecule has 0 amide bonds. The molecule has 5 nitrogen and oxygen atoms in total. The van der Waals surface area contributed by atoms with Gasteiger partial charge in [0, 0.05) is 29.2 Å². The summed E-state index contributed by atoms with van der Waals surface area (Å²) in [5, 5.41) is 8.68. The number of nitrogens with zero attached hydrogens (tertiary/aromatic N) is 4. The Morgan fingerprint density at radius 3 is 2.77 bits per heavy atom. The first-order chi connectivity index (χ1) is 12.4. The van der Waals surface area contributed by atoms with E-state index < -0.39 is 5.82 Å². The predicted octanol–water partition coefficient (Wildman–Crippen LogP) is 4.47. The third kappa shape index (κ3) is 3.54. The highest BCUT2D eigenvalue weighted by atomic mass is 35.5. The van der Waals surface area contributed by atoms with Crippen LogP contribution in [-0.2, 0) is 6.54 Å². The van der Waals surface area contributed by atoms with Gasteiger partial charge in [0.2, 0.25) is 0 Å². The number of hydrogen-bond donors (Lipinski definition) is 0. The van der Waals surface area contributed by atoms with Crippen molar-refractivity contribution in [1.82, 2.24) is 19.3 Å². The summed E-state index contributed by atoms with van der Waals surface area (Å²) in [5.41, 5.74) is 3.05. The van der Waals surface area contributed by atoms with Crippen molar-refractivity contribution in [2.45, 2.75) is 32.5 Å². The van der Waals surface area contributed by atoms with Gasteiger partial charge >= 0.3 is 0 Å². The highest BCUT2D eigenvalue weighted by molar-refractivity contribution is 7.99. The Kier molecular flexibility index (Phi) is 5.48. The lowest BCUT2D eigenvalue weighted by molar-refractivity contribution is 0.102. The molecule has 0 aliphatic heterocycles. The molecule has 0 saturated carbocycles. The van der Waals surface area contributed by atoms with Crippen LogP contribution in [0.2, 0.25) is 5.02 Å². The Hall–Kier alpha value is -2.12. The van der Waals surface area contributed by atoms with Gasteiger partial charge in [0.1, 0.15) is 12.1 Å². The fourth-order valence-electron chi connectivity index (χ4n) is 2.85. The molecule has 8 heteroatoms. The molecule has 26 heavy (non-hydrogen) atoms. The topological polar surface area (TPSA) is 52.7 Å². The van der Waals surface area contributed by atoms with Crippen LogP contribution in [0.1, 0.15) is 28.7 Å². The summed E-state index contributed by atoms with van der Waals surface area (Å²) in [6.07, 6.45) is 1.65. The van der Waals surface area contributed by atoms with E-state index in [0.717, 1.165) is 28.8 Å². The van der Waals surface area contributed by atoms with E-state index in [1.165, 1.54) is 17.8 Å². The maximum absolute atomic E-state index is 13.4. The van der Waals surface area contributed by atoms with Gasteiger partial charge in [-0.1, -0.05) is 23.4 Å². The Balaban J connectivity index is 1.85. The maximum atomic E-state index is 13.4. The SMILES string of the molecule is CCn1cnnc1SCC(=O)c1cc(C)n(-c2ccc(F)c(Cl)c2)c1C. The van der Waals surface area contributed by atoms with E-state index in [2.05, 4.69) is 10.2 Å². The second-order valence-corrected chi connectivity index (χ2v) is 7.18. The van der Waals surface area contributed by atoms with Crippen molar-refractivity contribution in [2.75, 3.05) is 5.75 Å². The second-order valence-electron chi connectivity index (χ2n) is 5.83. The van der Waals surface area contributed by atoms with Gasteiger partial charge in [0.15, 0.2) is 10.9 Å². The van der Waals surface area contributed by atoms with Gasteiger partial charge in [-0.25, -0.2) is 4.39 Å². The van der Waals surface area contributed by atoms with Gasteiger partial charge in [-0.3, -0.25) is 4.79 Å². The molecule has 3 rings (SSSR count). The van der Waals surface area contributed by atoms with E-state index in [4.69, 9.17) is 11.6 Å². The maximum Gasteiger partial charge on any atom is 0.191 e. The zero-order valence-corrected chi connectivity index (χ0v) is 16.2. The van der Waals surface area contributed by atoms with Gasteiger partial charge in [-0.05, 0) is 45.0 Å². The molecule has 3 aromatic rings. The molecule has 0 aliphatic carbocycles. The van der Waals surface area contributed by atoms with Crippen LogP contribution in [0.3, 0.4) is 0 Å². The number of aryl methyl sites for hydroxylation is 2. The highest BCUT2D eigenvalue weighted by Gasteiger charge is 2.18. The quantitative estimate of drug-likeness (QED) is 0.458. The van der Waals surface area contributed by atoms with Gasteiger partial charge < -0.3 is 9.13 Å². The van der Waals surface area contributed by atoms with Crippen molar-refractivity contribution in [1.29, 1.82) is 0 Å². The fraction of sp³-hybridized carbons (Fsp3) is 0.278. The molecule has 0 radical (unpaired) electrons. The van der Waals surface area contributed by atoms with E-state index in [1.807, 2.05) is 36.0 Å². The Bertz CT molecular complexity index is 966. The standard InChI is InChI=1S/C18H18ClFN4OS/c1-4-23-10-21-22-18(23)26-9-17(25)14-7-11(2)24(12(14)3)13-5-6-16(20)15(19)8-13/h5-8,10H,4,9H2,1-3H3. The Morgan fingerprint density at radius 1 is 1.31 bits per heavy atom. The monoisotopic (exact) mass is 392 g/mol. The van der Waals surface area contributed by atoms with Crippen LogP contribution in [0, 0.1) is 19.7 Å². The number of carbonyl (C=O) groups is 1. The Labute approximate surface area is 160 Å². The minimum atomic E-state index is -0.467. The number of halogens is 2. The van der Waals surface area contributed by atoms with E-state index in [0.29, 0.717) is 5.56 Å². The summed E-state index contributed by atoms with van der Waals surface area (Å²) >= 11 is 7.26. The predicted molar refractivity (Wildman–Crippen MR) is 101 cm³/mol. The minimum absolute atomic E-state index is 0.00760. The van der Waals surface area contributed by atoms with Crippen molar-refractivity contribution >= 4 is 29.1 Å². The molecule has 1 aromatic carbocycles. The summed E-state index contributed by atoms with van der Waals surface area (Å²) in [4.78, 5) is 12.7. The van der Waals surface area contributed by atoms with Crippen molar-refractivity contribution in [3.63, 3.8) is 0 Å². The number of aromatic nitrogens is 4. The second kappa shape index (κ2) is 7.63. The number of ketones is 1. The van der Waals surface area contributed by atoms with E-state index in [9.17, 15) is 9.18 Å². The van der Waals surface area contributed by atoms with E-state index in [1.54, 1.807) is 18.5 Å². The number of hydrogen-bond acceptors (Lipinski definition) is 4. The summed E-state index contributed by atoms with van der Waals surface area (Å²) < 4.78 is 17.2. The largest absolute Gasteiger partial charge is 0.318 e. The smallest absolute Gasteiger partial charge is 0.191 e. The average molecular weight is 393 g/mol. The lowest BCUT2D eigenvalue weighted by Crippen LogP contribution is -2.07.